The Hall–Kier alpha value is -2.44. The Kier molecular flexibility index (Phi) is 3.93. The molecule has 1 aliphatic rings. The zero-order chi connectivity index (χ0) is 15.6. The number of hydrogen-bond acceptors (Lipinski definition) is 4. The fraction of sp³-hybridized carbons (Fsp3) is 0.429. The number of carbonyl (C=O) groups is 2. The van der Waals surface area contributed by atoms with Crippen LogP contribution in [0.4, 0.5) is 5.69 Å². The summed E-state index contributed by atoms with van der Waals surface area (Å²) in [6, 6.07) is 5.62. The van der Waals surface area contributed by atoms with E-state index in [1.165, 1.54) is 29.2 Å². The molecule has 1 N–H and O–H groups in total. The second kappa shape index (κ2) is 5.51. The van der Waals surface area contributed by atoms with Crippen molar-refractivity contribution < 1.29 is 19.6 Å². The number of nitro groups is 1. The summed E-state index contributed by atoms with van der Waals surface area (Å²) in [7, 11) is 0. The summed E-state index contributed by atoms with van der Waals surface area (Å²) in [5.41, 5.74) is -1.63. The molecule has 7 nitrogen and oxygen atoms in total. The molecule has 1 unspecified atom stereocenters. The van der Waals surface area contributed by atoms with Crippen LogP contribution in [0, 0.1) is 10.1 Å². The van der Waals surface area contributed by atoms with E-state index in [4.69, 9.17) is 0 Å². The van der Waals surface area contributed by atoms with Crippen LogP contribution in [-0.2, 0) is 4.79 Å². The lowest BCUT2D eigenvalue weighted by molar-refractivity contribution is -0.385. The molecule has 0 aliphatic carbocycles. The van der Waals surface area contributed by atoms with Gasteiger partial charge in [0.1, 0.15) is 11.1 Å². The van der Waals surface area contributed by atoms with Crippen molar-refractivity contribution in [3.8, 4) is 0 Å². The molecule has 21 heavy (non-hydrogen) atoms. The number of rotatable bonds is 4. The van der Waals surface area contributed by atoms with Gasteiger partial charge in [0.25, 0.3) is 11.6 Å². The van der Waals surface area contributed by atoms with Crippen LogP contribution in [0.2, 0.25) is 0 Å². The highest BCUT2D eigenvalue weighted by Crippen LogP contribution is 2.35. The van der Waals surface area contributed by atoms with Crippen molar-refractivity contribution in [3.05, 3.63) is 39.9 Å². The quantitative estimate of drug-likeness (QED) is 0.676. The smallest absolute Gasteiger partial charge is 0.329 e. The van der Waals surface area contributed by atoms with Gasteiger partial charge >= 0.3 is 5.97 Å². The molecule has 7 heteroatoms. The van der Waals surface area contributed by atoms with Gasteiger partial charge in [0, 0.05) is 12.6 Å². The van der Waals surface area contributed by atoms with Gasteiger partial charge in [-0.3, -0.25) is 14.9 Å². The van der Waals surface area contributed by atoms with Crippen molar-refractivity contribution in [2.24, 2.45) is 0 Å². The summed E-state index contributed by atoms with van der Waals surface area (Å²) in [6.07, 6.45) is 1.21. The normalized spacial score (nSPS) is 21.3. The average molecular weight is 292 g/mol. The molecule has 2 rings (SSSR count). The average Bonchev–Trinajstić information content (AvgIpc) is 2.91. The minimum atomic E-state index is -1.26. The van der Waals surface area contributed by atoms with Crippen LogP contribution in [-0.4, -0.2) is 38.9 Å². The fourth-order valence-electron chi connectivity index (χ4n) is 2.87. The third kappa shape index (κ3) is 2.35. The molecular weight excluding hydrogens is 276 g/mol. The number of benzene rings is 1. The van der Waals surface area contributed by atoms with E-state index in [1.54, 1.807) is 6.92 Å². The molecule has 1 atom stereocenters. The van der Waals surface area contributed by atoms with E-state index in [1.807, 2.05) is 0 Å². The molecule has 1 aliphatic heterocycles. The van der Waals surface area contributed by atoms with Crippen molar-refractivity contribution >= 4 is 17.6 Å². The zero-order valence-electron chi connectivity index (χ0n) is 11.6. The van der Waals surface area contributed by atoms with Gasteiger partial charge in [-0.05, 0) is 25.3 Å². The number of nitrogens with zero attached hydrogens (tertiary/aromatic N) is 2. The summed E-state index contributed by atoms with van der Waals surface area (Å²) in [5, 5.41) is 20.5. The molecule has 1 heterocycles. The predicted molar refractivity (Wildman–Crippen MR) is 74.0 cm³/mol. The Morgan fingerprint density at radius 3 is 2.67 bits per heavy atom. The van der Waals surface area contributed by atoms with Crippen molar-refractivity contribution in [1.29, 1.82) is 0 Å². The molecule has 1 aromatic carbocycles. The SMILES string of the molecule is CCC1(C(=O)O)CCCN1C(=O)c1ccccc1[N+](=O)[O-]. The van der Waals surface area contributed by atoms with E-state index in [2.05, 4.69) is 0 Å². The highest BCUT2D eigenvalue weighted by molar-refractivity contribution is 6.01. The molecule has 1 amide bonds. The first-order valence-corrected chi connectivity index (χ1v) is 6.73. The molecule has 1 fully saturated rings. The lowest BCUT2D eigenvalue weighted by Gasteiger charge is -2.33. The van der Waals surface area contributed by atoms with Gasteiger partial charge in [0.15, 0.2) is 0 Å². The first kappa shape index (κ1) is 15.0. The minimum absolute atomic E-state index is 0.0662. The molecule has 0 saturated carbocycles. The number of likely N-dealkylation sites (tertiary alicyclic amines) is 1. The Morgan fingerprint density at radius 1 is 1.43 bits per heavy atom. The van der Waals surface area contributed by atoms with Gasteiger partial charge < -0.3 is 10.0 Å². The van der Waals surface area contributed by atoms with Gasteiger partial charge in [-0.1, -0.05) is 19.1 Å². The van der Waals surface area contributed by atoms with Crippen molar-refractivity contribution in [1.82, 2.24) is 4.90 Å². The van der Waals surface area contributed by atoms with E-state index in [0.29, 0.717) is 19.4 Å². The third-order valence-electron chi connectivity index (χ3n) is 4.05. The zero-order valence-corrected chi connectivity index (χ0v) is 11.6. The van der Waals surface area contributed by atoms with Crippen LogP contribution < -0.4 is 0 Å². The van der Waals surface area contributed by atoms with Gasteiger partial charge in [0.2, 0.25) is 0 Å². The van der Waals surface area contributed by atoms with Crippen molar-refractivity contribution in [2.75, 3.05) is 6.54 Å². The number of carbonyl (C=O) groups excluding carboxylic acids is 1. The highest BCUT2D eigenvalue weighted by atomic mass is 16.6. The Bertz CT molecular complexity index is 601. The molecule has 1 saturated heterocycles. The molecule has 0 aromatic heterocycles. The van der Waals surface area contributed by atoms with Gasteiger partial charge in [-0.2, -0.15) is 0 Å². The van der Waals surface area contributed by atoms with Crippen molar-refractivity contribution in [3.63, 3.8) is 0 Å². The summed E-state index contributed by atoms with van der Waals surface area (Å²) in [6.45, 7) is 2.00. The van der Waals surface area contributed by atoms with Crippen LogP contribution in [0.25, 0.3) is 0 Å². The second-order valence-electron chi connectivity index (χ2n) is 5.02. The largest absolute Gasteiger partial charge is 0.479 e. The Morgan fingerprint density at radius 2 is 2.10 bits per heavy atom. The number of hydrogen-bond donors (Lipinski definition) is 1. The van der Waals surface area contributed by atoms with E-state index < -0.39 is 22.3 Å². The van der Waals surface area contributed by atoms with Crippen molar-refractivity contribution in [2.45, 2.75) is 31.7 Å². The molecule has 0 radical (unpaired) electrons. The lowest BCUT2D eigenvalue weighted by Crippen LogP contribution is -2.52. The first-order chi connectivity index (χ1) is 9.94. The predicted octanol–water partition coefficient (Wildman–Crippen LogP) is 2.06. The van der Waals surface area contributed by atoms with Crippen LogP contribution in [0.3, 0.4) is 0 Å². The van der Waals surface area contributed by atoms with Crippen LogP contribution >= 0.6 is 0 Å². The Labute approximate surface area is 121 Å². The Balaban J connectivity index is 2.45. The standard InChI is InChI=1S/C14H16N2O5/c1-2-14(13(18)19)8-5-9-15(14)12(17)10-6-3-4-7-11(10)16(20)21/h3-4,6-7H,2,5,8-9H2,1H3,(H,18,19). The molecule has 1 aromatic rings. The minimum Gasteiger partial charge on any atom is -0.479 e. The monoisotopic (exact) mass is 292 g/mol. The summed E-state index contributed by atoms with van der Waals surface area (Å²) in [4.78, 5) is 35.9. The number of carboxylic acids is 1. The molecular formula is C14H16N2O5. The van der Waals surface area contributed by atoms with Crippen LogP contribution in [0.5, 0.6) is 0 Å². The topological polar surface area (TPSA) is 101 Å². The van der Waals surface area contributed by atoms with E-state index in [9.17, 15) is 24.8 Å². The van der Waals surface area contributed by atoms with Gasteiger partial charge in [-0.25, -0.2) is 4.79 Å². The summed E-state index contributed by atoms with van der Waals surface area (Å²) < 4.78 is 0. The molecule has 0 bridgehead atoms. The van der Waals surface area contributed by atoms with Crippen LogP contribution in [0.1, 0.15) is 36.5 Å². The maximum absolute atomic E-state index is 12.6. The lowest BCUT2D eigenvalue weighted by atomic mass is 9.92. The van der Waals surface area contributed by atoms with Crippen LogP contribution in [0.15, 0.2) is 24.3 Å². The number of carboxylic acid groups (broad SMARTS) is 1. The first-order valence-electron chi connectivity index (χ1n) is 6.73. The van der Waals surface area contributed by atoms with E-state index in [0.717, 1.165) is 0 Å². The summed E-state index contributed by atoms with van der Waals surface area (Å²) in [5.74, 6) is -1.65. The number of nitro benzene ring substituents is 1. The van der Waals surface area contributed by atoms with Gasteiger partial charge in [-0.15, -0.1) is 0 Å². The molecule has 0 spiro atoms. The number of amides is 1. The van der Waals surface area contributed by atoms with E-state index in [-0.39, 0.29) is 17.7 Å². The highest BCUT2D eigenvalue weighted by Gasteiger charge is 2.49. The summed E-state index contributed by atoms with van der Waals surface area (Å²) >= 11 is 0. The fourth-order valence-corrected chi connectivity index (χ4v) is 2.87. The van der Waals surface area contributed by atoms with E-state index >= 15 is 0 Å². The van der Waals surface area contributed by atoms with Gasteiger partial charge in [0.05, 0.1) is 4.92 Å². The maximum Gasteiger partial charge on any atom is 0.329 e. The maximum atomic E-state index is 12.6. The third-order valence-corrected chi connectivity index (χ3v) is 4.05. The number of aliphatic carboxylic acids is 1. The number of para-hydroxylation sites is 1. The second-order valence-corrected chi connectivity index (χ2v) is 5.02. The molecule has 112 valence electrons.